The van der Waals surface area contributed by atoms with Gasteiger partial charge in [-0.1, -0.05) is 0 Å². The van der Waals surface area contributed by atoms with Gasteiger partial charge in [0.15, 0.2) is 5.82 Å². The molecule has 0 unspecified atom stereocenters. The summed E-state index contributed by atoms with van der Waals surface area (Å²) in [6, 6.07) is 0. The van der Waals surface area contributed by atoms with Crippen LogP contribution in [0.2, 0.25) is 0 Å². The van der Waals surface area contributed by atoms with Crippen molar-refractivity contribution in [1.29, 1.82) is 0 Å². The molecular formula is C9H13N7O. The van der Waals surface area contributed by atoms with Crippen LogP contribution in [0, 0.1) is 0 Å². The molecule has 90 valence electrons. The zero-order valence-electron chi connectivity index (χ0n) is 9.58. The number of nitrogens with zero attached hydrogens (tertiary/aromatic N) is 5. The lowest BCUT2D eigenvalue weighted by molar-refractivity contribution is 0.0941. The van der Waals surface area contributed by atoms with E-state index in [1.54, 1.807) is 25.1 Å². The molecule has 2 aromatic rings. The van der Waals surface area contributed by atoms with Crippen LogP contribution in [0.5, 0.6) is 0 Å². The van der Waals surface area contributed by atoms with Crippen LogP contribution in [0.15, 0.2) is 12.5 Å². The molecule has 17 heavy (non-hydrogen) atoms. The van der Waals surface area contributed by atoms with Crippen LogP contribution in [0.1, 0.15) is 16.3 Å². The molecule has 2 aromatic heterocycles. The van der Waals surface area contributed by atoms with Crippen LogP contribution in [0.4, 0.5) is 5.69 Å². The van der Waals surface area contributed by atoms with Crippen molar-refractivity contribution in [2.24, 2.45) is 14.1 Å². The number of rotatable bonds is 3. The van der Waals surface area contributed by atoms with Crippen LogP contribution < -0.4 is 11.1 Å². The quantitative estimate of drug-likeness (QED) is 0.714. The molecular weight excluding hydrogens is 222 g/mol. The van der Waals surface area contributed by atoms with Gasteiger partial charge in [-0.25, -0.2) is 4.98 Å². The van der Waals surface area contributed by atoms with E-state index in [9.17, 15) is 4.79 Å². The maximum Gasteiger partial charge on any atom is 0.272 e. The predicted octanol–water partition coefficient (Wildman–Crippen LogP) is -0.939. The minimum atomic E-state index is -0.296. The molecule has 0 spiro atoms. The number of nitrogen functional groups attached to an aromatic ring is 1. The Morgan fingerprint density at radius 2 is 2.29 bits per heavy atom. The van der Waals surface area contributed by atoms with Crippen molar-refractivity contribution in [3.63, 3.8) is 0 Å². The summed E-state index contributed by atoms with van der Waals surface area (Å²) < 4.78 is 3.00. The molecule has 0 atom stereocenters. The van der Waals surface area contributed by atoms with E-state index in [0.29, 0.717) is 17.2 Å². The highest BCUT2D eigenvalue weighted by Crippen LogP contribution is 2.08. The van der Waals surface area contributed by atoms with E-state index < -0.39 is 0 Å². The normalized spacial score (nSPS) is 10.5. The lowest BCUT2D eigenvalue weighted by Crippen LogP contribution is -2.26. The van der Waals surface area contributed by atoms with Crippen molar-refractivity contribution in [2.75, 3.05) is 5.73 Å². The minimum absolute atomic E-state index is 0.254. The van der Waals surface area contributed by atoms with Crippen LogP contribution in [0.3, 0.4) is 0 Å². The molecule has 8 heteroatoms. The summed E-state index contributed by atoms with van der Waals surface area (Å²) in [5, 5.41) is 10.6. The summed E-state index contributed by atoms with van der Waals surface area (Å²) in [6.45, 7) is 0.254. The Kier molecular flexibility index (Phi) is 2.77. The van der Waals surface area contributed by atoms with Gasteiger partial charge in [-0.05, 0) is 0 Å². The lowest BCUT2D eigenvalue weighted by atomic mass is 10.3. The van der Waals surface area contributed by atoms with Gasteiger partial charge in [0.2, 0.25) is 0 Å². The molecule has 1 amide bonds. The molecule has 0 fully saturated rings. The maximum absolute atomic E-state index is 11.8. The molecule has 0 aromatic carbocycles. The van der Waals surface area contributed by atoms with Crippen molar-refractivity contribution in [1.82, 2.24) is 29.9 Å². The number of nitrogens with two attached hydrogens (primary N) is 1. The third-order valence-corrected chi connectivity index (χ3v) is 2.24. The summed E-state index contributed by atoms with van der Waals surface area (Å²) >= 11 is 0. The van der Waals surface area contributed by atoms with E-state index in [2.05, 4.69) is 20.5 Å². The average molecular weight is 235 g/mol. The number of aromatic nitrogens is 5. The van der Waals surface area contributed by atoms with Gasteiger partial charge in [-0.15, -0.1) is 0 Å². The van der Waals surface area contributed by atoms with Crippen LogP contribution in [-0.4, -0.2) is 30.5 Å². The highest BCUT2D eigenvalue weighted by atomic mass is 16.2. The second kappa shape index (κ2) is 4.24. The van der Waals surface area contributed by atoms with Crippen molar-refractivity contribution in [3.05, 3.63) is 24.0 Å². The molecule has 0 saturated heterocycles. The molecule has 3 N–H and O–H groups in total. The highest BCUT2D eigenvalue weighted by molar-refractivity contribution is 5.97. The second-order valence-corrected chi connectivity index (χ2v) is 3.59. The monoisotopic (exact) mass is 235 g/mol. The zero-order chi connectivity index (χ0) is 12.4. The standard InChI is InChI=1S/C9H13N7O/c1-15-5-12-7(14-15)4-11-9(17)8-6(10)3-13-16(8)2/h3,5H,4,10H2,1-2H3,(H,11,17). The molecule has 0 radical (unpaired) electrons. The van der Waals surface area contributed by atoms with Crippen molar-refractivity contribution in [3.8, 4) is 0 Å². The first-order valence-corrected chi connectivity index (χ1v) is 4.98. The second-order valence-electron chi connectivity index (χ2n) is 3.59. The highest BCUT2D eigenvalue weighted by Gasteiger charge is 2.14. The summed E-state index contributed by atoms with van der Waals surface area (Å²) in [7, 11) is 3.42. The van der Waals surface area contributed by atoms with Crippen LogP contribution in [-0.2, 0) is 20.6 Å². The van der Waals surface area contributed by atoms with E-state index in [4.69, 9.17) is 5.73 Å². The Morgan fingerprint density at radius 3 is 2.82 bits per heavy atom. The minimum Gasteiger partial charge on any atom is -0.396 e. The molecule has 8 nitrogen and oxygen atoms in total. The predicted molar refractivity (Wildman–Crippen MR) is 59.8 cm³/mol. The number of carbonyl (C=O) groups is 1. The van der Waals surface area contributed by atoms with Gasteiger partial charge in [0.25, 0.3) is 5.91 Å². The number of hydrogen-bond donors (Lipinski definition) is 2. The van der Waals surface area contributed by atoms with E-state index in [0.717, 1.165) is 0 Å². The van der Waals surface area contributed by atoms with E-state index in [-0.39, 0.29) is 12.5 Å². The van der Waals surface area contributed by atoms with Gasteiger partial charge in [0, 0.05) is 14.1 Å². The third kappa shape index (κ3) is 2.25. The number of nitrogens with one attached hydrogen (secondary N) is 1. The van der Waals surface area contributed by atoms with Gasteiger partial charge < -0.3 is 11.1 Å². The SMILES string of the molecule is Cn1cnc(CNC(=O)c2c(N)cnn2C)n1. The maximum atomic E-state index is 11.8. The molecule has 0 aliphatic carbocycles. The number of hydrogen-bond acceptors (Lipinski definition) is 5. The molecule has 2 heterocycles. The molecule has 0 aliphatic rings. The fraction of sp³-hybridized carbons (Fsp3) is 0.333. The van der Waals surface area contributed by atoms with Gasteiger partial charge in [0.1, 0.15) is 12.0 Å². The Balaban J connectivity index is 2.03. The summed E-state index contributed by atoms with van der Waals surface area (Å²) in [5.74, 6) is 0.247. The lowest BCUT2D eigenvalue weighted by Gasteiger charge is -2.03. The molecule has 0 bridgehead atoms. The number of carbonyl (C=O) groups excluding carboxylic acids is 1. The summed E-state index contributed by atoms with van der Waals surface area (Å²) in [4.78, 5) is 15.8. The van der Waals surface area contributed by atoms with Crippen molar-refractivity contribution < 1.29 is 4.79 Å². The fourth-order valence-electron chi connectivity index (χ4n) is 1.44. The molecule has 0 saturated carbocycles. The van der Waals surface area contributed by atoms with Crippen molar-refractivity contribution in [2.45, 2.75) is 6.54 Å². The number of anilines is 1. The molecule has 2 rings (SSSR count). The van der Waals surface area contributed by atoms with Crippen LogP contribution in [0.25, 0.3) is 0 Å². The van der Waals surface area contributed by atoms with E-state index in [1.807, 2.05) is 0 Å². The van der Waals surface area contributed by atoms with Crippen molar-refractivity contribution >= 4 is 11.6 Å². The van der Waals surface area contributed by atoms with Gasteiger partial charge in [-0.3, -0.25) is 14.2 Å². The average Bonchev–Trinajstić information content (AvgIpc) is 2.83. The first-order chi connectivity index (χ1) is 8.08. The Bertz CT molecular complexity index is 522. The van der Waals surface area contributed by atoms with E-state index >= 15 is 0 Å². The van der Waals surface area contributed by atoms with Gasteiger partial charge >= 0.3 is 0 Å². The number of amides is 1. The smallest absolute Gasteiger partial charge is 0.272 e. The topological polar surface area (TPSA) is 104 Å². The van der Waals surface area contributed by atoms with Gasteiger partial charge in [0.05, 0.1) is 18.4 Å². The Labute approximate surface area is 97.4 Å². The summed E-state index contributed by atoms with van der Waals surface area (Å²) in [5.41, 5.74) is 6.32. The fourth-order valence-corrected chi connectivity index (χ4v) is 1.44. The third-order valence-electron chi connectivity index (χ3n) is 2.24. The Morgan fingerprint density at radius 1 is 1.53 bits per heavy atom. The largest absolute Gasteiger partial charge is 0.396 e. The summed E-state index contributed by atoms with van der Waals surface area (Å²) in [6.07, 6.45) is 3.01. The van der Waals surface area contributed by atoms with Crippen LogP contribution >= 0.6 is 0 Å². The first kappa shape index (κ1) is 11.1. The molecule has 0 aliphatic heterocycles. The van der Waals surface area contributed by atoms with Gasteiger partial charge in [-0.2, -0.15) is 10.2 Å². The van der Waals surface area contributed by atoms with E-state index in [1.165, 1.54) is 10.9 Å². The zero-order valence-corrected chi connectivity index (χ0v) is 9.58. The number of aryl methyl sites for hydroxylation is 2. The Hall–Kier alpha value is -2.38. The first-order valence-electron chi connectivity index (χ1n) is 4.98.